The van der Waals surface area contributed by atoms with Crippen LogP contribution in [0.15, 0.2) is 41.3 Å². The number of anilines is 1. The molecule has 0 radical (unpaired) electrons. The molecule has 0 fully saturated rings. The third-order valence-corrected chi connectivity index (χ3v) is 6.08. The molecule has 0 saturated carbocycles. The van der Waals surface area contributed by atoms with Crippen molar-refractivity contribution in [3.8, 4) is 5.75 Å². The Morgan fingerprint density at radius 2 is 1.69 bits per heavy atom. The normalized spacial score (nSPS) is 11.3. The summed E-state index contributed by atoms with van der Waals surface area (Å²) < 4.78 is 32.6. The van der Waals surface area contributed by atoms with E-state index < -0.39 is 10.0 Å². The summed E-state index contributed by atoms with van der Waals surface area (Å²) >= 11 is 0. The van der Waals surface area contributed by atoms with Gasteiger partial charge in [-0.2, -0.15) is 0 Å². The fraction of sp³-hybridized carbons (Fsp3) is 0.409. The van der Waals surface area contributed by atoms with Crippen LogP contribution in [-0.4, -0.2) is 27.5 Å². The van der Waals surface area contributed by atoms with Crippen LogP contribution in [0.1, 0.15) is 43.9 Å². The molecule has 0 aliphatic carbocycles. The molecule has 0 heterocycles. The minimum atomic E-state index is -3.53. The van der Waals surface area contributed by atoms with Crippen molar-refractivity contribution in [2.24, 2.45) is 0 Å². The zero-order valence-corrected chi connectivity index (χ0v) is 18.4. The summed E-state index contributed by atoms with van der Waals surface area (Å²) in [5, 5.41) is 2.96. The van der Waals surface area contributed by atoms with E-state index in [4.69, 9.17) is 4.74 Å². The smallest absolute Gasteiger partial charge is 0.262 e. The van der Waals surface area contributed by atoms with E-state index in [0.717, 1.165) is 36.1 Å². The van der Waals surface area contributed by atoms with Gasteiger partial charge in [0.05, 0.1) is 4.90 Å². The number of ether oxygens (including phenoxy) is 1. The van der Waals surface area contributed by atoms with Gasteiger partial charge in [0.25, 0.3) is 5.91 Å². The van der Waals surface area contributed by atoms with E-state index in [1.54, 1.807) is 19.1 Å². The van der Waals surface area contributed by atoms with Crippen molar-refractivity contribution < 1.29 is 17.9 Å². The summed E-state index contributed by atoms with van der Waals surface area (Å²) in [4.78, 5) is 12.6. The van der Waals surface area contributed by atoms with Crippen molar-refractivity contribution in [3.05, 3.63) is 53.1 Å². The molecule has 2 rings (SSSR count). The monoisotopic (exact) mass is 418 g/mol. The third kappa shape index (κ3) is 6.05. The fourth-order valence-corrected chi connectivity index (χ4v) is 4.21. The number of para-hydroxylation sites is 1. The predicted molar refractivity (Wildman–Crippen MR) is 116 cm³/mol. The number of hydrogen-bond acceptors (Lipinski definition) is 4. The molecule has 0 spiro atoms. The summed E-state index contributed by atoms with van der Waals surface area (Å²) in [6.45, 7) is 8.00. The second-order valence-electron chi connectivity index (χ2n) is 6.82. The van der Waals surface area contributed by atoms with Crippen LogP contribution in [0.2, 0.25) is 0 Å². The summed E-state index contributed by atoms with van der Waals surface area (Å²) in [5.41, 5.74) is 3.68. The first kappa shape index (κ1) is 22.9. The van der Waals surface area contributed by atoms with Gasteiger partial charge in [-0.05, 0) is 61.1 Å². The quantitative estimate of drug-likeness (QED) is 0.614. The molecule has 0 aromatic heterocycles. The highest BCUT2D eigenvalue weighted by Gasteiger charge is 2.16. The van der Waals surface area contributed by atoms with Gasteiger partial charge >= 0.3 is 0 Å². The van der Waals surface area contributed by atoms with Crippen LogP contribution in [0.25, 0.3) is 0 Å². The molecule has 0 saturated heterocycles. The lowest BCUT2D eigenvalue weighted by molar-refractivity contribution is -0.118. The van der Waals surface area contributed by atoms with Gasteiger partial charge in [-0.1, -0.05) is 39.0 Å². The van der Waals surface area contributed by atoms with Gasteiger partial charge in [-0.3, -0.25) is 4.79 Å². The highest BCUT2D eigenvalue weighted by atomic mass is 32.2. The molecule has 158 valence electrons. The molecular formula is C22H30N2O4S. The molecule has 7 heteroatoms. The highest BCUT2D eigenvalue weighted by Crippen LogP contribution is 2.24. The van der Waals surface area contributed by atoms with Crippen LogP contribution in [-0.2, 0) is 27.7 Å². The standard InChI is InChI=1S/C22H30N2O4S/c1-5-13-23-29(26,27)19-11-12-20(16(4)14-19)28-15-21(25)24-22-17(6-2)9-8-10-18(22)7-3/h8-12,14,23H,5-7,13,15H2,1-4H3,(H,24,25). The Hall–Kier alpha value is -2.38. The van der Waals surface area contributed by atoms with Crippen LogP contribution < -0.4 is 14.8 Å². The zero-order valence-electron chi connectivity index (χ0n) is 17.5. The Kier molecular flexibility index (Phi) is 8.22. The Labute approximate surface area is 173 Å². The molecular weight excluding hydrogens is 388 g/mol. The van der Waals surface area contributed by atoms with Crippen LogP contribution in [0.5, 0.6) is 5.75 Å². The topological polar surface area (TPSA) is 84.5 Å². The summed E-state index contributed by atoms with van der Waals surface area (Å²) in [6.07, 6.45) is 2.37. The maximum absolute atomic E-state index is 12.4. The van der Waals surface area contributed by atoms with Gasteiger partial charge in [0, 0.05) is 12.2 Å². The van der Waals surface area contributed by atoms with Crippen molar-refractivity contribution in [3.63, 3.8) is 0 Å². The number of carbonyl (C=O) groups is 1. The van der Waals surface area contributed by atoms with Gasteiger partial charge in [-0.25, -0.2) is 13.1 Å². The summed E-state index contributed by atoms with van der Waals surface area (Å²) in [5.74, 6) is 0.232. The van der Waals surface area contributed by atoms with E-state index >= 15 is 0 Å². The minimum absolute atomic E-state index is 0.151. The largest absolute Gasteiger partial charge is 0.483 e. The summed E-state index contributed by atoms with van der Waals surface area (Å²) in [7, 11) is -3.53. The Morgan fingerprint density at radius 3 is 2.24 bits per heavy atom. The van der Waals surface area contributed by atoms with Crippen molar-refractivity contribution in [2.45, 2.75) is 51.9 Å². The van der Waals surface area contributed by atoms with Crippen LogP contribution >= 0.6 is 0 Å². The SMILES string of the molecule is CCCNS(=O)(=O)c1ccc(OCC(=O)Nc2c(CC)cccc2CC)c(C)c1. The van der Waals surface area contributed by atoms with E-state index in [-0.39, 0.29) is 17.4 Å². The minimum Gasteiger partial charge on any atom is -0.483 e. The molecule has 0 unspecified atom stereocenters. The first-order chi connectivity index (χ1) is 13.8. The maximum atomic E-state index is 12.4. The first-order valence-electron chi connectivity index (χ1n) is 9.96. The van der Waals surface area contributed by atoms with Gasteiger partial charge in [0.15, 0.2) is 6.61 Å². The Balaban J connectivity index is 2.06. The van der Waals surface area contributed by atoms with E-state index in [2.05, 4.69) is 23.9 Å². The molecule has 1 amide bonds. The number of hydrogen-bond donors (Lipinski definition) is 2. The van der Waals surface area contributed by atoms with Crippen LogP contribution in [0, 0.1) is 6.92 Å². The third-order valence-electron chi connectivity index (χ3n) is 4.62. The second-order valence-corrected chi connectivity index (χ2v) is 8.59. The Morgan fingerprint density at radius 1 is 1.03 bits per heavy atom. The van der Waals surface area contributed by atoms with E-state index in [0.29, 0.717) is 17.9 Å². The molecule has 0 atom stereocenters. The predicted octanol–water partition coefficient (Wildman–Crippen LogP) is 3.83. The van der Waals surface area contributed by atoms with Crippen molar-refractivity contribution >= 4 is 21.6 Å². The lowest BCUT2D eigenvalue weighted by Crippen LogP contribution is -2.24. The molecule has 2 aromatic rings. The van der Waals surface area contributed by atoms with E-state index in [9.17, 15) is 13.2 Å². The second kappa shape index (κ2) is 10.4. The average molecular weight is 419 g/mol. The molecule has 2 N–H and O–H groups in total. The van der Waals surface area contributed by atoms with Crippen LogP contribution in [0.4, 0.5) is 5.69 Å². The summed E-state index contributed by atoms with van der Waals surface area (Å²) in [6, 6.07) is 10.6. The lowest BCUT2D eigenvalue weighted by Gasteiger charge is -2.15. The number of aryl methyl sites for hydroxylation is 3. The average Bonchev–Trinajstić information content (AvgIpc) is 2.71. The van der Waals surface area contributed by atoms with Gasteiger partial charge in [-0.15, -0.1) is 0 Å². The zero-order chi connectivity index (χ0) is 21.4. The van der Waals surface area contributed by atoms with Crippen molar-refractivity contribution in [1.82, 2.24) is 4.72 Å². The van der Waals surface area contributed by atoms with E-state index in [1.807, 2.05) is 25.1 Å². The van der Waals surface area contributed by atoms with Crippen molar-refractivity contribution in [1.29, 1.82) is 0 Å². The number of benzene rings is 2. The first-order valence-corrected chi connectivity index (χ1v) is 11.4. The van der Waals surface area contributed by atoms with Gasteiger partial charge in [0.1, 0.15) is 5.75 Å². The lowest BCUT2D eigenvalue weighted by atomic mass is 10.0. The van der Waals surface area contributed by atoms with E-state index in [1.165, 1.54) is 6.07 Å². The number of sulfonamides is 1. The Bertz CT molecular complexity index is 933. The van der Waals surface area contributed by atoms with Gasteiger partial charge < -0.3 is 10.1 Å². The number of amides is 1. The molecule has 29 heavy (non-hydrogen) atoms. The number of carbonyl (C=O) groups excluding carboxylic acids is 1. The van der Waals surface area contributed by atoms with Crippen LogP contribution in [0.3, 0.4) is 0 Å². The number of rotatable bonds is 10. The maximum Gasteiger partial charge on any atom is 0.262 e. The molecule has 2 aromatic carbocycles. The fourth-order valence-electron chi connectivity index (χ4n) is 2.99. The molecule has 0 bridgehead atoms. The molecule has 0 aliphatic heterocycles. The molecule has 0 aliphatic rings. The van der Waals surface area contributed by atoms with Gasteiger partial charge in [0.2, 0.25) is 10.0 Å². The highest BCUT2D eigenvalue weighted by molar-refractivity contribution is 7.89. The molecule has 6 nitrogen and oxygen atoms in total. The number of nitrogens with one attached hydrogen (secondary N) is 2. The van der Waals surface area contributed by atoms with Crippen molar-refractivity contribution in [2.75, 3.05) is 18.5 Å².